The highest BCUT2D eigenvalue weighted by molar-refractivity contribution is 5.71. The first-order valence-electron chi connectivity index (χ1n) is 5.56. The zero-order valence-corrected chi connectivity index (χ0v) is 10.4. The maximum atomic E-state index is 12.5. The van der Waals surface area contributed by atoms with Crippen molar-refractivity contribution >= 4 is 5.97 Å². The van der Waals surface area contributed by atoms with Crippen molar-refractivity contribution in [2.75, 3.05) is 13.2 Å². The molecule has 0 aliphatic rings. The third-order valence-corrected chi connectivity index (χ3v) is 1.96. The normalized spacial score (nSPS) is 11.9. The summed E-state index contributed by atoms with van der Waals surface area (Å²) >= 11 is 0. The van der Waals surface area contributed by atoms with E-state index in [1.807, 2.05) is 0 Å². The maximum Gasteiger partial charge on any atom is 0.330 e. The van der Waals surface area contributed by atoms with Crippen molar-refractivity contribution in [2.45, 2.75) is 32.3 Å². The van der Waals surface area contributed by atoms with Gasteiger partial charge in [-0.3, -0.25) is 4.79 Å². The summed E-state index contributed by atoms with van der Waals surface area (Å²) in [5.41, 5.74) is 0. The number of aromatic nitrogens is 2. The van der Waals surface area contributed by atoms with Crippen LogP contribution < -0.4 is 0 Å². The molecule has 0 aliphatic heterocycles. The quantitative estimate of drug-likeness (QED) is 0.536. The zero-order chi connectivity index (χ0) is 15.2. The molecule has 0 saturated carbocycles. The van der Waals surface area contributed by atoms with Crippen LogP contribution in [0.1, 0.15) is 18.6 Å². The Bertz CT molecular complexity index is 439. The molecule has 1 heterocycles. The van der Waals surface area contributed by atoms with E-state index >= 15 is 0 Å². The van der Waals surface area contributed by atoms with Crippen molar-refractivity contribution < 1.29 is 36.4 Å². The number of esters is 1. The van der Waals surface area contributed by atoms with E-state index in [1.54, 1.807) is 6.92 Å². The number of hydrogen-bond donors (Lipinski definition) is 0. The molecule has 1 aromatic rings. The lowest BCUT2D eigenvalue weighted by molar-refractivity contribution is -0.168. The largest absolute Gasteiger partial charge is 0.466 e. The Hall–Kier alpha value is -1.71. The minimum atomic E-state index is -4.24. The Morgan fingerprint density at radius 3 is 2.75 bits per heavy atom. The van der Waals surface area contributed by atoms with Crippen molar-refractivity contribution in [3.63, 3.8) is 0 Å². The highest BCUT2D eigenvalue weighted by Gasteiger charge is 2.41. The Labute approximate surface area is 111 Å². The second-order valence-corrected chi connectivity index (χ2v) is 3.64. The molecule has 0 radical (unpaired) electrons. The summed E-state index contributed by atoms with van der Waals surface area (Å²) < 4.78 is 62.3. The number of carbonyl (C=O) groups is 1. The molecule has 6 nitrogen and oxygen atoms in total. The van der Waals surface area contributed by atoms with Crippen LogP contribution in [0.25, 0.3) is 0 Å². The van der Waals surface area contributed by atoms with Gasteiger partial charge in [0.15, 0.2) is 5.82 Å². The minimum Gasteiger partial charge on any atom is -0.466 e. The molecule has 0 spiro atoms. The number of rotatable bonds is 8. The van der Waals surface area contributed by atoms with Crippen molar-refractivity contribution in [3.05, 3.63) is 11.7 Å². The van der Waals surface area contributed by atoms with Gasteiger partial charge in [-0.15, -0.1) is 0 Å². The Morgan fingerprint density at radius 1 is 1.45 bits per heavy atom. The van der Waals surface area contributed by atoms with Gasteiger partial charge in [0.1, 0.15) is 19.6 Å². The van der Waals surface area contributed by atoms with E-state index in [9.17, 15) is 22.4 Å². The van der Waals surface area contributed by atoms with Crippen LogP contribution in [0.15, 0.2) is 4.52 Å². The SMILES string of the molecule is CCOC(=O)Cc1nc(COCC(F)(F)C(F)F)no1. The first-order valence-corrected chi connectivity index (χ1v) is 5.56. The summed E-state index contributed by atoms with van der Waals surface area (Å²) in [6.45, 7) is -0.194. The van der Waals surface area contributed by atoms with Crippen LogP contribution >= 0.6 is 0 Å². The molecule has 0 N–H and O–H groups in total. The summed E-state index contributed by atoms with van der Waals surface area (Å²) in [6.07, 6.45) is -4.08. The van der Waals surface area contributed by atoms with Crippen LogP contribution in [0, 0.1) is 0 Å². The summed E-state index contributed by atoms with van der Waals surface area (Å²) in [5, 5.41) is 3.34. The summed E-state index contributed by atoms with van der Waals surface area (Å²) in [7, 11) is 0. The molecular weight excluding hydrogens is 288 g/mol. The van der Waals surface area contributed by atoms with E-state index < -0.39 is 31.5 Å². The van der Waals surface area contributed by atoms with Gasteiger partial charge in [-0.2, -0.15) is 13.8 Å². The van der Waals surface area contributed by atoms with Crippen LogP contribution in [0.5, 0.6) is 0 Å². The van der Waals surface area contributed by atoms with Crippen LogP contribution in [-0.4, -0.2) is 41.7 Å². The van der Waals surface area contributed by atoms with Crippen molar-refractivity contribution in [1.29, 1.82) is 0 Å². The predicted molar refractivity (Wildman–Crippen MR) is 55.2 cm³/mol. The molecule has 0 amide bonds. The number of halogens is 4. The van der Waals surface area contributed by atoms with Gasteiger partial charge in [0.2, 0.25) is 5.89 Å². The lowest BCUT2D eigenvalue weighted by Crippen LogP contribution is -2.32. The average Bonchev–Trinajstić information content (AvgIpc) is 2.76. The van der Waals surface area contributed by atoms with Crippen molar-refractivity contribution in [1.82, 2.24) is 10.1 Å². The van der Waals surface area contributed by atoms with Crippen LogP contribution in [0.4, 0.5) is 17.6 Å². The molecular formula is C10H12F4N2O4. The first-order chi connectivity index (χ1) is 9.35. The van der Waals surface area contributed by atoms with Gasteiger partial charge in [0.25, 0.3) is 0 Å². The molecule has 1 aromatic heterocycles. The molecule has 0 bridgehead atoms. The highest BCUT2D eigenvalue weighted by Crippen LogP contribution is 2.23. The number of alkyl halides is 4. The number of ether oxygens (including phenoxy) is 2. The number of hydrogen-bond acceptors (Lipinski definition) is 6. The molecule has 0 aromatic carbocycles. The summed E-state index contributed by atoms with van der Waals surface area (Å²) in [4.78, 5) is 14.7. The van der Waals surface area contributed by atoms with E-state index in [0.29, 0.717) is 0 Å². The van der Waals surface area contributed by atoms with E-state index in [2.05, 4.69) is 24.1 Å². The molecule has 0 fully saturated rings. The molecule has 20 heavy (non-hydrogen) atoms. The zero-order valence-electron chi connectivity index (χ0n) is 10.4. The number of carbonyl (C=O) groups excluding carboxylic acids is 1. The fraction of sp³-hybridized carbons (Fsp3) is 0.700. The lowest BCUT2D eigenvalue weighted by Gasteiger charge is -2.14. The van der Waals surface area contributed by atoms with Crippen LogP contribution in [-0.2, 0) is 27.3 Å². The average molecular weight is 300 g/mol. The van der Waals surface area contributed by atoms with Gasteiger partial charge < -0.3 is 14.0 Å². The minimum absolute atomic E-state index is 0.0809. The Kier molecular flexibility index (Phi) is 5.86. The van der Waals surface area contributed by atoms with E-state index in [-0.39, 0.29) is 24.7 Å². The van der Waals surface area contributed by atoms with Gasteiger partial charge in [-0.25, -0.2) is 8.78 Å². The van der Waals surface area contributed by atoms with Crippen LogP contribution in [0.3, 0.4) is 0 Å². The van der Waals surface area contributed by atoms with Gasteiger partial charge in [-0.1, -0.05) is 5.16 Å². The van der Waals surface area contributed by atoms with E-state index in [0.717, 1.165) is 0 Å². The second-order valence-electron chi connectivity index (χ2n) is 3.64. The molecule has 0 aliphatic carbocycles. The molecule has 0 saturated heterocycles. The van der Waals surface area contributed by atoms with E-state index in [4.69, 9.17) is 0 Å². The standard InChI is InChI=1S/C10H12F4N2O4/c1-2-19-8(17)3-7-15-6(16-20-7)4-18-5-10(13,14)9(11)12/h9H,2-5H2,1H3. The third kappa shape index (κ3) is 5.11. The second kappa shape index (κ2) is 7.17. The Balaban J connectivity index is 2.39. The fourth-order valence-electron chi connectivity index (χ4n) is 1.10. The molecule has 10 heteroatoms. The fourth-order valence-corrected chi connectivity index (χ4v) is 1.10. The topological polar surface area (TPSA) is 74.5 Å². The molecule has 0 unspecified atom stereocenters. The molecule has 1 rings (SSSR count). The first kappa shape index (κ1) is 16.3. The van der Waals surface area contributed by atoms with E-state index in [1.165, 1.54) is 0 Å². The van der Waals surface area contributed by atoms with Gasteiger partial charge in [0.05, 0.1) is 6.61 Å². The maximum absolute atomic E-state index is 12.5. The summed E-state index contributed by atoms with van der Waals surface area (Å²) in [5.74, 6) is -5.04. The van der Waals surface area contributed by atoms with Crippen LogP contribution in [0.2, 0.25) is 0 Å². The third-order valence-electron chi connectivity index (χ3n) is 1.96. The van der Waals surface area contributed by atoms with Gasteiger partial charge in [0, 0.05) is 0 Å². The molecule has 114 valence electrons. The Morgan fingerprint density at radius 2 is 2.15 bits per heavy atom. The predicted octanol–water partition coefficient (Wildman–Crippen LogP) is 1.59. The lowest BCUT2D eigenvalue weighted by atomic mass is 10.4. The number of nitrogens with zero attached hydrogens (tertiary/aromatic N) is 2. The highest BCUT2D eigenvalue weighted by atomic mass is 19.3. The van der Waals surface area contributed by atoms with Crippen molar-refractivity contribution in [3.8, 4) is 0 Å². The molecule has 0 atom stereocenters. The van der Waals surface area contributed by atoms with Gasteiger partial charge >= 0.3 is 18.3 Å². The van der Waals surface area contributed by atoms with Gasteiger partial charge in [-0.05, 0) is 6.92 Å². The smallest absolute Gasteiger partial charge is 0.330 e. The monoisotopic (exact) mass is 300 g/mol. The van der Waals surface area contributed by atoms with Crippen molar-refractivity contribution in [2.24, 2.45) is 0 Å². The summed E-state index contributed by atoms with van der Waals surface area (Å²) in [6, 6.07) is 0.